The second kappa shape index (κ2) is 7.08. The highest BCUT2D eigenvalue weighted by atomic mass is 16.3. The first-order chi connectivity index (χ1) is 5.70. The maximum absolute atomic E-state index is 9.27. The van der Waals surface area contributed by atoms with E-state index in [1.807, 2.05) is 0 Å². The van der Waals surface area contributed by atoms with Crippen molar-refractivity contribution in [2.24, 2.45) is 0 Å². The Balaban J connectivity index is 3.34. The maximum atomic E-state index is 9.27. The van der Waals surface area contributed by atoms with Crippen LogP contribution in [0.2, 0.25) is 0 Å². The average molecular weight is 171 g/mol. The normalized spacial score (nSPS) is 15.2. The third-order valence-electron chi connectivity index (χ3n) is 1.79. The van der Waals surface area contributed by atoms with Crippen molar-refractivity contribution >= 4 is 0 Å². The van der Waals surface area contributed by atoms with E-state index in [-0.39, 0.29) is 6.42 Å². The topological polar surface area (TPSA) is 64.2 Å². The number of hydrogen-bond donors (Lipinski definition) is 2. The van der Waals surface area contributed by atoms with Gasteiger partial charge in [0, 0.05) is 6.42 Å². The van der Waals surface area contributed by atoms with Gasteiger partial charge in [0.05, 0.1) is 12.2 Å². The van der Waals surface area contributed by atoms with E-state index in [4.69, 9.17) is 10.4 Å². The number of nitriles is 1. The van der Waals surface area contributed by atoms with E-state index in [9.17, 15) is 5.11 Å². The number of aliphatic hydroxyl groups excluding tert-OH is 2. The Morgan fingerprint density at radius 1 is 1.33 bits per heavy atom. The molecule has 0 spiro atoms. The molecule has 0 fully saturated rings. The summed E-state index contributed by atoms with van der Waals surface area (Å²) in [5, 5.41) is 26.4. The SMILES string of the molecule is CCCCCC(O)CC(O)C#N. The molecule has 0 aromatic carbocycles. The van der Waals surface area contributed by atoms with E-state index in [1.54, 1.807) is 6.07 Å². The minimum Gasteiger partial charge on any atom is -0.393 e. The van der Waals surface area contributed by atoms with Crippen LogP contribution >= 0.6 is 0 Å². The van der Waals surface area contributed by atoms with Crippen molar-refractivity contribution < 1.29 is 10.2 Å². The van der Waals surface area contributed by atoms with Crippen molar-refractivity contribution in [1.82, 2.24) is 0 Å². The van der Waals surface area contributed by atoms with Gasteiger partial charge in [0.2, 0.25) is 0 Å². The van der Waals surface area contributed by atoms with E-state index in [0.29, 0.717) is 6.42 Å². The van der Waals surface area contributed by atoms with Crippen LogP contribution in [0.25, 0.3) is 0 Å². The van der Waals surface area contributed by atoms with Gasteiger partial charge in [-0.2, -0.15) is 5.26 Å². The lowest BCUT2D eigenvalue weighted by molar-refractivity contribution is 0.0987. The highest BCUT2D eigenvalue weighted by Crippen LogP contribution is 2.07. The van der Waals surface area contributed by atoms with Crippen LogP contribution in [0.3, 0.4) is 0 Å². The van der Waals surface area contributed by atoms with E-state index >= 15 is 0 Å². The predicted octanol–water partition coefficient (Wildman–Crippen LogP) is 1.20. The molecule has 0 rings (SSSR count). The van der Waals surface area contributed by atoms with E-state index < -0.39 is 12.2 Å². The molecule has 0 aliphatic rings. The molecule has 0 bridgehead atoms. The molecule has 12 heavy (non-hydrogen) atoms. The minimum atomic E-state index is -1.01. The van der Waals surface area contributed by atoms with Crippen molar-refractivity contribution in [2.75, 3.05) is 0 Å². The summed E-state index contributed by atoms with van der Waals surface area (Å²) in [6.45, 7) is 2.09. The van der Waals surface area contributed by atoms with Gasteiger partial charge in [-0.3, -0.25) is 0 Å². The molecule has 0 aromatic rings. The zero-order valence-corrected chi connectivity index (χ0v) is 7.53. The van der Waals surface area contributed by atoms with Crippen LogP contribution in [0.5, 0.6) is 0 Å². The van der Waals surface area contributed by atoms with Crippen LogP contribution in [0.15, 0.2) is 0 Å². The van der Waals surface area contributed by atoms with Gasteiger partial charge < -0.3 is 10.2 Å². The van der Waals surface area contributed by atoms with Gasteiger partial charge in [-0.1, -0.05) is 26.2 Å². The van der Waals surface area contributed by atoms with Gasteiger partial charge >= 0.3 is 0 Å². The highest BCUT2D eigenvalue weighted by Gasteiger charge is 2.09. The third kappa shape index (κ3) is 6.14. The molecule has 3 heteroatoms. The average Bonchev–Trinajstić information content (AvgIpc) is 2.05. The minimum absolute atomic E-state index is 0.181. The van der Waals surface area contributed by atoms with E-state index in [2.05, 4.69) is 6.92 Å². The van der Waals surface area contributed by atoms with Crippen LogP contribution in [-0.2, 0) is 0 Å². The van der Waals surface area contributed by atoms with Crippen molar-refractivity contribution in [3.05, 3.63) is 0 Å². The molecule has 2 N–H and O–H groups in total. The second-order valence-corrected chi connectivity index (χ2v) is 3.03. The Morgan fingerprint density at radius 3 is 2.50 bits per heavy atom. The first-order valence-electron chi connectivity index (χ1n) is 4.46. The monoisotopic (exact) mass is 171 g/mol. The van der Waals surface area contributed by atoms with Crippen LogP contribution in [0, 0.1) is 11.3 Å². The molecule has 70 valence electrons. The summed E-state index contributed by atoms with van der Waals surface area (Å²) >= 11 is 0. The molecule has 0 aliphatic carbocycles. The summed E-state index contributed by atoms with van der Waals surface area (Å²) in [6, 6.07) is 1.68. The van der Waals surface area contributed by atoms with Crippen molar-refractivity contribution in [2.45, 2.75) is 51.2 Å². The smallest absolute Gasteiger partial charge is 0.142 e. The Morgan fingerprint density at radius 2 is 2.00 bits per heavy atom. The zero-order valence-electron chi connectivity index (χ0n) is 7.53. The van der Waals surface area contributed by atoms with Crippen LogP contribution in [-0.4, -0.2) is 22.4 Å². The summed E-state index contributed by atoms with van der Waals surface area (Å²) in [4.78, 5) is 0. The number of nitrogens with zero attached hydrogens (tertiary/aromatic N) is 1. The summed E-state index contributed by atoms with van der Waals surface area (Å²) < 4.78 is 0. The van der Waals surface area contributed by atoms with Gasteiger partial charge in [0.1, 0.15) is 6.10 Å². The third-order valence-corrected chi connectivity index (χ3v) is 1.79. The highest BCUT2D eigenvalue weighted by molar-refractivity contribution is 4.83. The lowest BCUT2D eigenvalue weighted by Gasteiger charge is -2.09. The Kier molecular flexibility index (Phi) is 6.73. The van der Waals surface area contributed by atoms with Gasteiger partial charge in [-0.05, 0) is 6.42 Å². The van der Waals surface area contributed by atoms with Gasteiger partial charge in [0.15, 0.2) is 0 Å². The van der Waals surface area contributed by atoms with Gasteiger partial charge in [-0.15, -0.1) is 0 Å². The maximum Gasteiger partial charge on any atom is 0.142 e. The summed E-state index contributed by atoms with van der Waals surface area (Å²) in [7, 11) is 0. The molecule has 3 nitrogen and oxygen atoms in total. The van der Waals surface area contributed by atoms with E-state index in [0.717, 1.165) is 19.3 Å². The van der Waals surface area contributed by atoms with Crippen molar-refractivity contribution in [3.8, 4) is 6.07 Å². The molecular formula is C9H17NO2. The number of unbranched alkanes of at least 4 members (excludes halogenated alkanes) is 2. The second-order valence-electron chi connectivity index (χ2n) is 3.03. The Bertz CT molecular complexity index is 142. The standard InChI is InChI=1S/C9H17NO2/c1-2-3-4-5-8(11)6-9(12)7-10/h8-9,11-12H,2-6H2,1H3. The summed E-state index contributed by atoms with van der Waals surface area (Å²) in [6.07, 6.45) is 2.52. The molecule has 0 aliphatic heterocycles. The molecule has 0 saturated carbocycles. The molecular weight excluding hydrogens is 154 g/mol. The first-order valence-corrected chi connectivity index (χ1v) is 4.46. The summed E-state index contributed by atoms with van der Waals surface area (Å²) in [5.74, 6) is 0. The predicted molar refractivity (Wildman–Crippen MR) is 46.4 cm³/mol. The van der Waals surface area contributed by atoms with Crippen molar-refractivity contribution in [3.63, 3.8) is 0 Å². The van der Waals surface area contributed by atoms with Crippen LogP contribution in [0.1, 0.15) is 39.0 Å². The molecule has 0 radical (unpaired) electrons. The molecule has 0 saturated heterocycles. The summed E-state index contributed by atoms with van der Waals surface area (Å²) in [5.41, 5.74) is 0. The lowest BCUT2D eigenvalue weighted by Crippen LogP contribution is -2.15. The molecule has 0 aromatic heterocycles. The lowest BCUT2D eigenvalue weighted by atomic mass is 10.1. The molecule has 2 unspecified atom stereocenters. The fourth-order valence-electron chi connectivity index (χ4n) is 1.06. The van der Waals surface area contributed by atoms with Crippen LogP contribution < -0.4 is 0 Å². The van der Waals surface area contributed by atoms with Crippen LogP contribution in [0.4, 0.5) is 0 Å². The number of hydrogen-bond acceptors (Lipinski definition) is 3. The molecule has 0 heterocycles. The quantitative estimate of drug-likeness (QED) is 0.466. The molecule has 2 atom stereocenters. The first kappa shape index (κ1) is 11.4. The van der Waals surface area contributed by atoms with Gasteiger partial charge in [-0.25, -0.2) is 0 Å². The fraction of sp³-hybridized carbons (Fsp3) is 0.889. The number of aliphatic hydroxyl groups is 2. The Labute approximate surface area is 73.6 Å². The van der Waals surface area contributed by atoms with Gasteiger partial charge in [0.25, 0.3) is 0 Å². The van der Waals surface area contributed by atoms with E-state index in [1.165, 1.54) is 0 Å². The number of rotatable bonds is 6. The largest absolute Gasteiger partial charge is 0.393 e. The Hall–Kier alpha value is -0.590. The molecule has 0 amide bonds. The fourth-order valence-corrected chi connectivity index (χ4v) is 1.06. The zero-order chi connectivity index (χ0) is 9.40. The van der Waals surface area contributed by atoms with Crippen molar-refractivity contribution in [1.29, 1.82) is 5.26 Å².